The third-order valence-corrected chi connectivity index (χ3v) is 2.52. The normalized spacial score (nSPS) is 16.2. The molecule has 82 valence electrons. The Kier molecular flexibility index (Phi) is 2.19. The first-order chi connectivity index (χ1) is 8.34. The van der Waals surface area contributed by atoms with E-state index in [0.717, 1.165) is 5.56 Å². The number of fused-ring (bicyclic) bond motifs is 1. The van der Waals surface area contributed by atoms with Crippen LogP contribution in [0, 0.1) is 0 Å². The number of carbonyl (C=O) groups excluding carboxylic acids is 1. The standard InChI is InChI=1S/C13H8N2O2/c16-12-6-5-11(15-13-7-8-14-17-13)9-3-1-2-4-10(9)12/h1-8H. The molecule has 0 N–H and O–H groups in total. The van der Waals surface area contributed by atoms with Gasteiger partial charge in [-0.05, 0) is 12.2 Å². The molecule has 0 unspecified atom stereocenters. The molecule has 1 aliphatic carbocycles. The fraction of sp³-hybridized carbons (Fsp3) is 0. The molecule has 3 rings (SSSR count). The number of nitrogens with zero attached hydrogens (tertiary/aromatic N) is 2. The van der Waals surface area contributed by atoms with E-state index < -0.39 is 0 Å². The quantitative estimate of drug-likeness (QED) is 0.747. The van der Waals surface area contributed by atoms with E-state index in [1.165, 1.54) is 12.3 Å². The van der Waals surface area contributed by atoms with Gasteiger partial charge in [-0.25, -0.2) is 4.99 Å². The molecule has 1 aromatic carbocycles. The van der Waals surface area contributed by atoms with E-state index in [9.17, 15) is 4.79 Å². The van der Waals surface area contributed by atoms with Gasteiger partial charge in [-0.2, -0.15) is 0 Å². The van der Waals surface area contributed by atoms with Crippen LogP contribution in [0.15, 0.2) is 58.2 Å². The van der Waals surface area contributed by atoms with Crippen LogP contribution in [0.5, 0.6) is 0 Å². The lowest BCUT2D eigenvalue weighted by Crippen LogP contribution is -2.11. The Morgan fingerprint density at radius 3 is 2.65 bits per heavy atom. The Morgan fingerprint density at radius 1 is 1.06 bits per heavy atom. The van der Waals surface area contributed by atoms with Crippen LogP contribution in [0.4, 0.5) is 5.88 Å². The van der Waals surface area contributed by atoms with Crippen molar-refractivity contribution in [2.24, 2.45) is 4.99 Å². The predicted octanol–water partition coefficient (Wildman–Crippen LogP) is 2.55. The maximum absolute atomic E-state index is 11.7. The van der Waals surface area contributed by atoms with Gasteiger partial charge in [-0.3, -0.25) is 4.79 Å². The van der Waals surface area contributed by atoms with Crippen LogP contribution in [0.25, 0.3) is 0 Å². The van der Waals surface area contributed by atoms with E-state index in [1.54, 1.807) is 18.2 Å². The lowest BCUT2D eigenvalue weighted by Gasteiger charge is -2.10. The Bertz CT molecular complexity index is 625. The molecule has 2 aromatic rings. The van der Waals surface area contributed by atoms with Gasteiger partial charge in [0.2, 0.25) is 0 Å². The van der Waals surface area contributed by atoms with E-state index in [4.69, 9.17) is 4.52 Å². The van der Waals surface area contributed by atoms with E-state index in [-0.39, 0.29) is 5.78 Å². The largest absolute Gasteiger partial charge is 0.336 e. The van der Waals surface area contributed by atoms with Gasteiger partial charge in [0.1, 0.15) is 0 Å². The number of carbonyl (C=O) groups is 1. The summed E-state index contributed by atoms with van der Waals surface area (Å²) in [6.45, 7) is 0. The van der Waals surface area contributed by atoms with Crippen LogP contribution in [-0.4, -0.2) is 16.7 Å². The lowest BCUT2D eigenvalue weighted by atomic mass is 9.94. The highest BCUT2D eigenvalue weighted by molar-refractivity contribution is 6.24. The molecule has 0 radical (unpaired) electrons. The monoisotopic (exact) mass is 224 g/mol. The third kappa shape index (κ3) is 1.69. The van der Waals surface area contributed by atoms with Crippen LogP contribution >= 0.6 is 0 Å². The maximum atomic E-state index is 11.7. The smallest absolute Gasteiger partial charge is 0.250 e. The van der Waals surface area contributed by atoms with Gasteiger partial charge < -0.3 is 4.52 Å². The summed E-state index contributed by atoms with van der Waals surface area (Å²) in [5, 5.41) is 3.59. The van der Waals surface area contributed by atoms with E-state index in [2.05, 4.69) is 10.1 Å². The van der Waals surface area contributed by atoms with Crippen molar-refractivity contribution in [2.45, 2.75) is 0 Å². The van der Waals surface area contributed by atoms with Gasteiger partial charge in [0.15, 0.2) is 5.78 Å². The summed E-state index contributed by atoms with van der Waals surface area (Å²) in [6.07, 6.45) is 4.73. The molecule has 1 aliphatic rings. The zero-order valence-corrected chi connectivity index (χ0v) is 8.83. The zero-order chi connectivity index (χ0) is 11.7. The molecule has 0 spiro atoms. The molecule has 1 aromatic heterocycles. The molecule has 4 nitrogen and oxygen atoms in total. The van der Waals surface area contributed by atoms with Crippen molar-refractivity contribution in [3.05, 3.63) is 59.8 Å². The molecule has 4 heteroatoms. The van der Waals surface area contributed by atoms with Crippen LogP contribution in [0.2, 0.25) is 0 Å². The lowest BCUT2D eigenvalue weighted by molar-refractivity contribution is 0.104. The van der Waals surface area contributed by atoms with E-state index in [0.29, 0.717) is 17.2 Å². The molecule has 0 saturated heterocycles. The number of allylic oxidation sites excluding steroid dienone is 2. The Balaban J connectivity index is 2.14. The summed E-state index contributed by atoms with van der Waals surface area (Å²) >= 11 is 0. The van der Waals surface area contributed by atoms with Crippen LogP contribution in [-0.2, 0) is 0 Å². The minimum atomic E-state index is -0.00267. The van der Waals surface area contributed by atoms with Crippen molar-refractivity contribution >= 4 is 17.4 Å². The summed E-state index contributed by atoms with van der Waals surface area (Å²) in [6, 6.07) is 9.03. The van der Waals surface area contributed by atoms with Gasteiger partial charge >= 0.3 is 0 Å². The Labute approximate surface area is 97.3 Å². The van der Waals surface area contributed by atoms with Gasteiger partial charge in [-0.15, -0.1) is 0 Å². The fourth-order valence-electron chi connectivity index (χ4n) is 1.74. The molecule has 0 bridgehead atoms. The second-order valence-corrected chi connectivity index (χ2v) is 3.59. The fourth-order valence-corrected chi connectivity index (χ4v) is 1.74. The topological polar surface area (TPSA) is 55.5 Å². The summed E-state index contributed by atoms with van der Waals surface area (Å²) in [5.74, 6) is 0.422. The SMILES string of the molecule is O=C1C=CC(=Nc2ccno2)c2ccccc21. The number of rotatable bonds is 1. The molecule has 17 heavy (non-hydrogen) atoms. The summed E-state index contributed by atoms with van der Waals surface area (Å²) in [7, 11) is 0. The number of hydrogen-bond acceptors (Lipinski definition) is 4. The van der Waals surface area contributed by atoms with Crippen molar-refractivity contribution in [1.29, 1.82) is 0 Å². The molecule has 0 atom stereocenters. The molecular formula is C13H8N2O2. The van der Waals surface area contributed by atoms with Crippen molar-refractivity contribution in [1.82, 2.24) is 5.16 Å². The second-order valence-electron chi connectivity index (χ2n) is 3.59. The van der Waals surface area contributed by atoms with Crippen molar-refractivity contribution in [3.8, 4) is 0 Å². The first-order valence-corrected chi connectivity index (χ1v) is 5.16. The number of benzene rings is 1. The van der Waals surface area contributed by atoms with E-state index >= 15 is 0 Å². The number of aliphatic imine (C=N–C) groups is 1. The second kappa shape index (κ2) is 3.83. The molecule has 0 fully saturated rings. The van der Waals surface area contributed by atoms with Crippen LogP contribution in [0.1, 0.15) is 15.9 Å². The van der Waals surface area contributed by atoms with Crippen LogP contribution in [0.3, 0.4) is 0 Å². The Morgan fingerprint density at radius 2 is 1.88 bits per heavy atom. The average Bonchev–Trinajstić information content (AvgIpc) is 2.86. The van der Waals surface area contributed by atoms with Gasteiger partial charge in [-0.1, -0.05) is 29.4 Å². The predicted molar refractivity (Wildman–Crippen MR) is 62.6 cm³/mol. The summed E-state index contributed by atoms with van der Waals surface area (Å²) in [5.41, 5.74) is 2.18. The van der Waals surface area contributed by atoms with Gasteiger partial charge in [0.25, 0.3) is 5.88 Å². The average molecular weight is 224 g/mol. The highest BCUT2D eigenvalue weighted by Gasteiger charge is 2.16. The first kappa shape index (κ1) is 9.72. The summed E-state index contributed by atoms with van der Waals surface area (Å²) < 4.78 is 4.92. The number of aromatic nitrogens is 1. The van der Waals surface area contributed by atoms with Gasteiger partial charge in [0, 0.05) is 17.2 Å². The minimum Gasteiger partial charge on any atom is -0.336 e. The molecule has 1 heterocycles. The van der Waals surface area contributed by atoms with E-state index in [1.807, 2.05) is 18.2 Å². The van der Waals surface area contributed by atoms with Crippen molar-refractivity contribution < 1.29 is 9.32 Å². The zero-order valence-electron chi connectivity index (χ0n) is 8.83. The molecular weight excluding hydrogens is 216 g/mol. The molecule has 0 aliphatic heterocycles. The van der Waals surface area contributed by atoms with Crippen molar-refractivity contribution in [3.63, 3.8) is 0 Å². The first-order valence-electron chi connectivity index (χ1n) is 5.16. The Hall–Kier alpha value is -2.49. The number of hydrogen-bond donors (Lipinski definition) is 0. The maximum Gasteiger partial charge on any atom is 0.250 e. The highest BCUT2D eigenvalue weighted by atomic mass is 16.5. The molecule has 0 saturated carbocycles. The number of ketones is 1. The third-order valence-electron chi connectivity index (χ3n) is 2.52. The van der Waals surface area contributed by atoms with Gasteiger partial charge in [0.05, 0.1) is 11.9 Å². The summed E-state index contributed by atoms with van der Waals surface area (Å²) in [4.78, 5) is 16.0. The minimum absolute atomic E-state index is 0.00267. The van der Waals surface area contributed by atoms with Crippen molar-refractivity contribution in [2.75, 3.05) is 0 Å². The molecule has 0 amide bonds. The van der Waals surface area contributed by atoms with Crippen LogP contribution < -0.4 is 0 Å². The highest BCUT2D eigenvalue weighted by Crippen LogP contribution is 2.20.